The number of hydrogen-bond donors (Lipinski definition) is 1. The fourth-order valence-electron chi connectivity index (χ4n) is 3.55. The summed E-state index contributed by atoms with van der Waals surface area (Å²) >= 11 is 0. The lowest BCUT2D eigenvalue weighted by Gasteiger charge is -2.08. The number of ether oxygens (including phenoxy) is 1. The van der Waals surface area contributed by atoms with Crippen LogP contribution in [0.1, 0.15) is 11.1 Å². The Balaban J connectivity index is 1.36. The molecule has 0 radical (unpaired) electrons. The van der Waals surface area contributed by atoms with Gasteiger partial charge in [0.15, 0.2) is 0 Å². The standard InChI is InChI=1S/C29H24O3/c30-29(31)20-23-7-4-11-26(19-23)27-12-5-13-28(21-27)32-18-6-8-22-14-16-25(17-15-22)24-9-2-1-3-10-24/h1-17,19,21H,18,20H2,(H,30,31)/b8-6+. The molecule has 1 N–H and O–H groups in total. The second kappa shape index (κ2) is 10.3. The lowest BCUT2D eigenvalue weighted by atomic mass is 10.0. The number of benzene rings is 4. The molecule has 3 nitrogen and oxygen atoms in total. The van der Waals surface area contributed by atoms with E-state index in [-0.39, 0.29) is 6.42 Å². The van der Waals surface area contributed by atoms with E-state index in [2.05, 4.69) is 36.4 Å². The first-order valence-electron chi connectivity index (χ1n) is 10.5. The minimum Gasteiger partial charge on any atom is -0.490 e. The Morgan fingerprint density at radius 3 is 2.12 bits per heavy atom. The number of rotatable bonds is 8. The van der Waals surface area contributed by atoms with E-state index < -0.39 is 5.97 Å². The summed E-state index contributed by atoms with van der Waals surface area (Å²) in [6.45, 7) is 0.461. The molecule has 4 aromatic rings. The van der Waals surface area contributed by atoms with Gasteiger partial charge in [0.05, 0.1) is 6.42 Å². The van der Waals surface area contributed by atoms with Gasteiger partial charge in [-0.05, 0) is 51.6 Å². The summed E-state index contributed by atoms with van der Waals surface area (Å²) in [4.78, 5) is 11.0. The summed E-state index contributed by atoms with van der Waals surface area (Å²) in [5.74, 6) is -0.0593. The van der Waals surface area contributed by atoms with Crippen molar-refractivity contribution in [2.45, 2.75) is 6.42 Å². The summed E-state index contributed by atoms with van der Waals surface area (Å²) in [6.07, 6.45) is 4.06. The first kappa shape index (κ1) is 21.1. The Labute approximate surface area is 188 Å². The first-order valence-corrected chi connectivity index (χ1v) is 10.5. The molecule has 4 rings (SSSR count). The third-order valence-corrected chi connectivity index (χ3v) is 5.12. The van der Waals surface area contributed by atoms with Gasteiger partial charge in [0, 0.05) is 0 Å². The van der Waals surface area contributed by atoms with E-state index in [9.17, 15) is 4.79 Å². The van der Waals surface area contributed by atoms with E-state index in [0.29, 0.717) is 6.61 Å². The molecule has 0 aliphatic carbocycles. The van der Waals surface area contributed by atoms with Crippen LogP contribution in [0.15, 0.2) is 109 Å². The Morgan fingerprint density at radius 2 is 1.38 bits per heavy atom. The molecule has 0 heterocycles. The molecule has 0 saturated heterocycles. The molecule has 0 aromatic heterocycles. The van der Waals surface area contributed by atoms with E-state index in [1.54, 1.807) is 0 Å². The van der Waals surface area contributed by atoms with E-state index in [1.807, 2.05) is 78.9 Å². The van der Waals surface area contributed by atoms with Crippen molar-refractivity contribution in [1.29, 1.82) is 0 Å². The maximum Gasteiger partial charge on any atom is 0.307 e. The topological polar surface area (TPSA) is 46.5 Å². The molecule has 0 atom stereocenters. The van der Waals surface area contributed by atoms with Crippen LogP contribution in [0.2, 0.25) is 0 Å². The largest absolute Gasteiger partial charge is 0.490 e. The molecule has 0 spiro atoms. The van der Waals surface area contributed by atoms with Crippen LogP contribution in [0.4, 0.5) is 0 Å². The summed E-state index contributed by atoms with van der Waals surface area (Å²) in [6, 6.07) is 34.2. The van der Waals surface area contributed by atoms with E-state index >= 15 is 0 Å². The normalized spacial score (nSPS) is 10.9. The van der Waals surface area contributed by atoms with Crippen LogP contribution in [0, 0.1) is 0 Å². The molecule has 0 amide bonds. The maximum absolute atomic E-state index is 11.0. The highest BCUT2D eigenvalue weighted by molar-refractivity contribution is 5.72. The number of carboxylic acid groups (broad SMARTS) is 1. The number of hydrogen-bond acceptors (Lipinski definition) is 2. The van der Waals surface area contributed by atoms with Gasteiger partial charge in [-0.25, -0.2) is 0 Å². The van der Waals surface area contributed by atoms with Gasteiger partial charge < -0.3 is 9.84 Å². The fraction of sp³-hybridized carbons (Fsp3) is 0.0690. The highest BCUT2D eigenvalue weighted by atomic mass is 16.5. The van der Waals surface area contributed by atoms with E-state index in [1.165, 1.54) is 11.1 Å². The molecule has 0 aliphatic rings. The highest BCUT2D eigenvalue weighted by Crippen LogP contribution is 2.25. The van der Waals surface area contributed by atoms with E-state index in [4.69, 9.17) is 9.84 Å². The van der Waals surface area contributed by atoms with Crippen molar-refractivity contribution in [3.05, 3.63) is 120 Å². The Kier molecular flexibility index (Phi) is 6.78. The van der Waals surface area contributed by atoms with Crippen molar-refractivity contribution >= 4 is 12.0 Å². The molecule has 0 saturated carbocycles. The van der Waals surface area contributed by atoms with Crippen LogP contribution in [-0.4, -0.2) is 17.7 Å². The number of aliphatic carboxylic acids is 1. The van der Waals surface area contributed by atoms with Crippen LogP contribution in [0.3, 0.4) is 0 Å². The van der Waals surface area contributed by atoms with Crippen molar-refractivity contribution in [2.75, 3.05) is 6.61 Å². The molecule has 0 bridgehead atoms. The van der Waals surface area contributed by atoms with Crippen LogP contribution in [0.25, 0.3) is 28.3 Å². The zero-order valence-electron chi connectivity index (χ0n) is 17.6. The molecule has 3 heteroatoms. The SMILES string of the molecule is O=C(O)Cc1cccc(-c2cccc(OC/C=C/c3ccc(-c4ccccc4)cc3)c2)c1. The van der Waals surface area contributed by atoms with Crippen LogP contribution < -0.4 is 4.74 Å². The quantitative estimate of drug-likeness (QED) is 0.343. The predicted molar refractivity (Wildman–Crippen MR) is 130 cm³/mol. The molecular weight excluding hydrogens is 396 g/mol. The monoisotopic (exact) mass is 420 g/mol. The lowest BCUT2D eigenvalue weighted by molar-refractivity contribution is -0.136. The lowest BCUT2D eigenvalue weighted by Crippen LogP contribution is -1.99. The second-order valence-electron chi connectivity index (χ2n) is 7.50. The van der Waals surface area contributed by atoms with Gasteiger partial charge in [0.2, 0.25) is 0 Å². The average Bonchev–Trinajstić information content (AvgIpc) is 2.83. The van der Waals surface area contributed by atoms with Crippen molar-refractivity contribution in [3.63, 3.8) is 0 Å². The number of carbonyl (C=O) groups is 1. The maximum atomic E-state index is 11.0. The van der Waals surface area contributed by atoms with Gasteiger partial charge in [-0.1, -0.05) is 97.1 Å². The molecule has 0 fully saturated rings. The van der Waals surface area contributed by atoms with Gasteiger partial charge in [-0.15, -0.1) is 0 Å². The summed E-state index contributed by atoms with van der Waals surface area (Å²) in [5, 5.41) is 9.01. The van der Waals surface area contributed by atoms with Gasteiger partial charge in [-0.3, -0.25) is 4.79 Å². The molecule has 158 valence electrons. The zero-order chi connectivity index (χ0) is 22.2. The second-order valence-corrected chi connectivity index (χ2v) is 7.50. The zero-order valence-corrected chi connectivity index (χ0v) is 17.6. The molecule has 32 heavy (non-hydrogen) atoms. The summed E-state index contributed by atoms with van der Waals surface area (Å²) in [5.41, 5.74) is 6.28. The predicted octanol–water partition coefficient (Wildman–Crippen LogP) is 6.74. The molecule has 0 unspecified atom stereocenters. The third-order valence-electron chi connectivity index (χ3n) is 5.12. The highest BCUT2D eigenvalue weighted by Gasteiger charge is 2.04. The van der Waals surface area contributed by atoms with Gasteiger partial charge in [0.25, 0.3) is 0 Å². The van der Waals surface area contributed by atoms with Crippen LogP contribution >= 0.6 is 0 Å². The Morgan fingerprint density at radius 1 is 0.719 bits per heavy atom. The first-order chi connectivity index (χ1) is 15.7. The van der Waals surface area contributed by atoms with E-state index in [0.717, 1.165) is 28.0 Å². The summed E-state index contributed by atoms with van der Waals surface area (Å²) < 4.78 is 5.90. The van der Waals surface area contributed by atoms with Crippen LogP contribution in [0.5, 0.6) is 5.75 Å². The van der Waals surface area contributed by atoms with Gasteiger partial charge in [-0.2, -0.15) is 0 Å². The fourth-order valence-corrected chi connectivity index (χ4v) is 3.55. The smallest absolute Gasteiger partial charge is 0.307 e. The van der Waals surface area contributed by atoms with Crippen molar-refractivity contribution in [2.24, 2.45) is 0 Å². The number of carboxylic acids is 1. The Hall–Kier alpha value is -4.11. The van der Waals surface area contributed by atoms with Gasteiger partial charge >= 0.3 is 5.97 Å². The van der Waals surface area contributed by atoms with Crippen LogP contribution in [-0.2, 0) is 11.2 Å². The molecular formula is C29H24O3. The molecule has 4 aromatic carbocycles. The molecule has 0 aliphatic heterocycles. The van der Waals surface area contributed by atoms with Crippen molar-refractivity contribution in [1.82, 2.24) is 0 Å². The van der Waals surface area contributed by atoms with Crippen molar-refractivity contribution < 1.29 is 14.6 Å². The van der Waals surface area contributed by atoms with Gasteiger partial charge in [0.1, 0.15) is 12.4 Å². The minimum atomic E-state index is -0.833. The van der Waals surface area contributed by atoms with Crippen molar-refractivity contribution in [3.8, 4) is 28.0 Å². The third kappa shape index (κ3) is 5.73. The minimum absolute atomic E-state index is 0.0150. The Bertz CT molecular complexity index is 1210. The summed E-state index contributed by atoms with van der Waals surface area (Å²) in [7, 11) is 0. The average molecular weight is 421 g/mol.